The monoisotopic (exact) mass is 357 g/mol. The third-order valence-corrected chi connectivity index (χ3v) is 5.91. The van der Waals surface area contributed by atoms with Gasteiger partial charge in [0, 0.05) is 29.9 Å². The molecule has 3 aromatic heterocycles. The molecule has 1 N–H and O–H groups in total. The van der Waals surface area contributed by atoms with Gasteiger partial charge in [-0.15, -0.1) is 11.3 Å². The molecular formula is C18H23N5OS. The van der Waals surface area contributed by atoms with Crippen molar-refractivity contribution in [3.8, 4) is 0 Å². The first kappa shape index (κ1) is 16.3. The summed E-state index contributed by atoms with van der Waals surface area (Å²) in [5, 5.41) is 8.40. The summed E-state index contributed by atoms with van der Waals surface area (Å²) in [4.78, 5) is 20.3. The number of nitrogens with zero attached hydrogens (tertiary/aromatic N) is 4. The lowest BCUT2D eigenvalue weighted by molar-refractivity contribution is 0.573. The fourth-order valence-corrected chi connectivity index (χ4v) is 4.79. The minimum Gasteiger partial charge on any atom is -0.354 e. The molecule has 1 aliphatic rings. The Hall–Kier alpha value is -2.15. The van der Waals surface area contributed by atoms with Crippen molar-refractivity contribution in [3.05, 3.63) is 39.3 Å². The number of aromatic nitrogens is 4. The Morgan fingerprint density at radius 2 is 2.16 bits per heavy atom. The van der Waals surface area contributed by atoms with E-state index in [1.807, 2.05) is 30.8 Å². The predicted octanol–water partition coefficient (Wildman–Crippen LogP) is 3.23. The Morgan fingerprint density at radius 3 is 2.92 bits per heavy atom. The van der Waals surface area contributed by atoms with E-state index in [1.165, 1.54) is 23.3 Å². The Kier molecular flexibility index (Phi) is 4.33. The van der Waals surface area contributed by atoms with Crippen LogP contribution in [0.15, 0.2) is 23.3 Å². The SMILES string of the molecule is CC(C)n1c(NCCn2cccn2)nc2sc3c(c2c1=O)CCCC3. The summed E-state index contributed by atoms with van der Waals surface area (Å²) in [6, 6.07) is 1.97. The molecule has 0 atom stereocenters. The number of hydrogen-bond acceptors (Lipinski definition) is 5. The lowest BCUT2D eigenvalue weighted by Crippen LogP contribution is -2.28. The van der Waals surface area contributed by atoms with Gasteiger partial charge < -0.3 is 5.32 Å². The highest BCUT2D eigenvalue weighted by molar-refractivity contribution is 7.18. The first-order valence-corrected chi connectivity index (χ1v) is 9.75. The maximum Gasteiger partial charge on any atom is 0.264 e. The second-order valence-electron chi connectivity index (χ2n) is 6.79. The van der Waals surface area contributed by atoms with Gasteiger partial charge in [-0.05, 0) is 51.2 Å². The summed E-state index contributed by atoms with van der Waals surface area (Å²) in [7, 11) is 0. The van der Waals surface area contributed by atoms with E-state index in [2.05, 4.69) is 10.4 Å². The number of aryl methyl sites for hydroxylation is 2. The number of thiophene rings is 1. The zero-order chi connectivity index (χ0) is 17.4. The smallest absolute Gasteiger partial charge is 0.264 e. The molecule has 0 amide bonds. The van der Waals surface area contributed by atoms with Crippen LogP contribution in [0.3, 0.4) is 0 Å². The van der Waals surface area contributed by atoms with Crippen LogP contribution in [-0.4, -0.2) is 25.9 Å². The van der Waals surface area contributed by atoms with Crippen LogP contribution in [0.1, 0.15) is 43.2 Å². The molecule has 25 heavy (non-hydrogen) atoms. The van der Waals surface area contributed by atoms with Crippen LogP contribution in [-0.2, 0) is 19.4 Å². The molecule has 3 aromatic rings. The highest BCUT2D eigenvalue weighted by Crippen LogP contribution is 2.34. The van der Waals surface area contributed by atoms with Crippen molar-refractivity contribution < 1.29 is 0 Å². The molecule has 1 aliphatic carbocycles. The Morgan fingerprint density at radius 1 is 1.32 bits per heavy atom. The second-order valence-corrected chi connectivity index (χ2v) is 7.87. The Balaban J connectivity index is 1.72. The molecule has 7 heteroatoms. The van der Waals surface area contributed by atoms with Crippen molar-refractivity contribution in [2.45, 2.75) is 52.1 Å². The van der Waals surface area contributed by atoms with Gasteiger partial charge >= 0.3 is 0 Å². The average Bonchev–Trinajstić information content (AvgIpc) is 3.21. The van der Waals surface area contributed by atoms with Gasteiger partial charge in [0.25, 0.3) is 5.56 Å². The molecule has 0 saturated carbocycles. The van der Waals surface area contributed by atoms with Gasteiger partial charge in [-0.25, -0.2) is 4.98 Å². The maximum absolute atomic E-state index is 13.2. The summed E-state index contributed by atoms with van der Waals surface area (Å²) >= 11 is 1.70. The molecule has 0 fully saturated rings. The molecule has 0 aromatic carbocycles. The van der Waals surface area contributed by atoms with Crippen LogP contribution >= 0.6 is 11.3 Å². The van der Waals surface area contributed by atoms with E-state index < -0.39 is 0 Å². The number of rotatable bonds is 5. The van der Waals surface area contributed by atoms with Crippen molar-refractivity contribution in [2.24, 2.45) is 0 Å². The number of hydrogen-bond donors (Lipinski definition) is 1. The van der Waals surface area contributed by atoms with Crippen LogP contribution in [0.4, 0.5) is 5.95 Å². The fraction of sp³-hybridized carbons (Fsp3) is 0.500. The Bertz CT molecular complexity index is 939. The summed E-state index contributed by atoms with van der Waals surface area (Å²) in [5.74, 6) is 0.665. The van der Waals surface area contributed by atoms with E-state index in [1.54, 1.807) is 22.1 Å². The molecule has 0 unspecified atom stereocenters. The molecule has 0 spiro atoms. The van der Waals surface area contributed by atoms with Gasteiger partial charge in [0.2, 0.25) is 5.95 Å². The van der Waals surface area contributed by atoms with Crippen molar-refractivity contribution in [3.63, 3.8) is 0 Å². The Labute approximate surface area is 150 Å². The number of nitrogens with one attached hydrogen (secondary N) is 1. The van der Waals surface area contributed by atoms with E-state index in [-0.39, 0.29) is 11.6 Å². The summed E-state index contributed by atoms with van der Waals surface area (Å²) in [6.45, 7) is 5.48. The standard InChI is InChI=1S/C18H23N5OS/c1-12(2)23-17(24)15-13-6-3-4-7-14(13)25-16(15)21-18(23)19-9-11-22-10-5-8-20-22/h5,8,10,12H,3-4,6-7,9,11H2,1-2H3,(H,19,21). The van der Waals surface area contributed by atoms with E-state index in [0.29, 0.717) is 12.5 Å². The zero-order valence-electron chi connectivity index (χ0n) is 14.7. The molecule has 0 aliphatic heterocycles. The van der Waals surface area contributed by atoms with Gasteiger partial charge in [0.1, 0.15) is 4.83 Å². The van der Waals surface area contributed by atoms with Crippen LogP contribution in [0.25, 0.3) is 10.2 Å². The highest BCUT2D eigenvalue weighted by Gasteiger charge is 2.22. The molecule has 0 radical (unpaired) electrons. The molecular weight excluding hydrogens is 334 g/mol. The van der Waals surface area contributed by atoms with Crippen LogP contribution in [0, 0.1) is 0 Å². The molecule has 3 heterocycles. The minimum atomic E-state index is 0.0655. The van der Waals surface area contributed by atoms with Crippen molar-refractivity contribution in [1.29, 1.82) is 0 Å². The lowest BCUT2D eigenvalue weighted by Gasteiger charge is -2.17. The summed E-state index contributed by atoms with van der Waals surface area (Å²) in [5.41, 5.74) is 1.35. The molecule has 0 bridgehead atoms. The summed E-state index contributed by atoms with van der Waals surface area (Å²) in [6.07, 6.45) is 8.18. The average molecular weight is 357 g/mol. The van der Waals surface area contributed by atoms with Gasteiger partial charge in [-0.1, -0.05) is 0 Å². The minimum absolute atomic E-state index is 0.0655. The van der Waals surface area contributed by atoms with E-state index >= 15 is 0 Å². The molecule has 6 nitrogen and oxygen atoms in total. The molecule has 132 valence electrons. The van der Waals surface area contributed by atoms with Gasteiger partial charge in [-0.2, -0.15) is 5.10 Å². The third-order valence-electron chi connectivity index (χ3n) is 4.72. The quantitative estimate of drug-likeness (QED) is 0.761. The lowest BCUT2D eigenvalue weighted by atomic mass is 9.97. The van der Waals surface area contributed by atoms with E-state index in [9.17, 15) is 4.79 Å². The van der Waals surface area contributed by atoms with Crippen molar-refractivity contribution >= 4 is 27.5 Å². The largest absolute Gasteiger partial charge is 0.354 e. The van der Waals surface area contributed by atoms with Gasteiger partial charge in [-0.3, -0.25) is 14.0 Å². The first-order valence-electron chi connectivity index (χ1n) is 8.93. The molecule has 4 rings (SSSR count). The van der Waals surface area contributed by atoms with Crippen LogP contribution in [0.2, 0.25) is 0 Å². The predicted molar refractivity (Wildman–Crippen MR) is 102 cm³/mol. The maximum atomic E-state index is 13.2. The zero-order valence-corrected chi connectivity index (χ0v) is 15.5. The normalized spacial score (nSPS) is 14.2. The number of fused-ring (bicyclic) bond motifs is 3. The number of anilines is 1. The molecule has 0 saturated heterocycles. The van der Waals surface area contributed by atoms with Gasteiger partial charge in [0.15, 0.2) is 0 Å². The summed E-state index contributed by atoms with van der Waals surface area (Å²) < 4.78 is 3.67. The van der Waals surface area contributed by atoms with Crippen LogP contribution in [0.5, 0.6) is 0 Å². The second kappa shape index (κ2) is 6.63. The topological polar surface area (TPSA) is 64.7 Å². The van der Waals surface area contributed by atoms with Crippen LogP contribution < -0.4 is 10.9 Å². The highest BCUT2D eigenvalue weighted by atomic mass is 32.1. The van der Waals surface area contributed by atoms with Crippen molar-refractivity contribution in [2.75, 3.05) is 11.9 Å². The van der Waals surface area contributed by atoms with Crippen molar-refractivity contribution in [1.82, 2.24) is 19.3 Å². The fourth-order valence-electron chi connectivity index (χ4n) is 3.54. The van der Waals surface area contributed by atoms with E-state index in [4.69, 9.17) is 4.98 Å². The van der Waals surface area contributed by atoms with E-state index in [0.717, 1.165) is 29.6 Å². The third kappa shape index (κ3) is 2.97. The van der Waals surface area contributed by atoms with Gasteiger partial charge in [0.05, 0.1) is 11.9 Å². The first-order chi connectivity index (χ1) is 12.1.